The van der Waals surface area contributed by atoms with Crippen molar-refractivity contribution in [3.8, 4) is 0 Å². The number of hydrogen-bond acceptors (Lipinski definition) is 5. The van der Waals surface area contributed by atoms with Gasteiger partial charge in [-0.1, -0.05) is 13.0 Å². The maximum atomic E-state index is 11.7. The molecule has 0 radical (unpaired) electrons. The van der Waals surface area contributed by atoms with Gasteiger partial charge in [0.1, 0.15) is 0 Å². The minimum Gasteiger partial charge on any atom is -0.339 e. The highest BCUT2D eigenvalue weighted by atomic mass is 32.2. The molecule has 0 unspecified atom stereocenters. The van der Waals surface area contributed by atoms with E-state index in [1.807, 2.05) is 32.0 Å². The standard InChI is InChI=1S/C15H20N4O2S/c1-4-9-22(20,21)19-15-8-7-14(17-18-15)16-13-6-5-11(2)12(3)10-13/h5-8,10H,4,9H2,1-3H3,(H,16,17)(H,18,19). The summed E-state index contributed by atoms with van der Waals surface area (Å²) >= 11 is 0. The van der Waals surface area contributed by atoms with E-state index in [4.69, 9.17) is 0 Å². The van der Waals surface area contributed by atoms with E-state index in [0.717, 1.165) is 5.69 Å². The maximum absolute atomic E-state index is 11.7. The zero-order chi connectivity index (χ0) is 16.2. The lowest BCUT2D eigenvalue weighted by atomic mass is 10.1. The molecule has 0 spiro atoms. The number of nitrogens with zero attached hydrogens (tertiary/aromatic N) is 2. The highest BCUT2D eigenvalue weighted by molar-refractivity contribution is 7.92. The Bertz CT molecular complexity index is 743. The van der Waals surface area contributed by atoms with Gasteiger partial charge in [0.2, 0.25) is 10.0 Å². The molecule has 0 saturated heterocycles. The third-order valence-electron chi connectivity index (χ3n) is 3.18. The fraction of sp³-hybridized carbons (Fsp3) is 0.333. The molecule has 0 atom stereocenters. The van der Waals surface area contributed by atoms with Crippen molar-refractivity contribution in [3.63, 3.8) is 0 Å². The topological polar surface area (TPSA) is 84.0 Å². The first-order valence-corrected chi connectivity index (χ1v) is 8.73. The molecule has 6 nitrogen and oxygen atoms in total. The molecule has 1 aromatic heterocycles. The molecule has 0 fully saturated rings. The van der Waals surface area contributed by atoms with E-state index in [0.29, 0.717) is 12.2 Å². The van der Waals surface area contributed by atoms with E-state index >= 15 is 0 Å². The van der Waals surface area contributed by atoms with E-state index in [1.54, 1.807) is 12.1 Å². The van der Waals surface area contributed by atoms with Crippen molar-refractivity contribution in [2.45, 2.75) is 27.2 Å². The summed E-state index contributed by atoms with van der Waals surface area (Å²) in [5.74, 6) is 0.845. The normalized spacial score (nSPS) is 11.2. The largest absolute Gasteiger partial charge is 0.339 e. The molecular formula is C15H20N4O2S. The van der Waals surface area contributed by atoms with E-state index in [9.17, 15) is 8.42 Å². The number of aromatic nitrogens is 2. The molecule has 118 valence electrons. The van der Waals surface area contributed by atoms with Crippen LogP contribution in [-0.4, -0.2) is 24.4 Å². The molecule has 2 N–H and O–H groups in total. The summed E-state index contributed by atoms with van der Waals surface area (Å²) in [7, 11) is -3.34. The zero-order valence-corrected chi connectivity index (χ0v) is 13.7. The number of benzene rings is 1. The van der Waals surface area contributed by atoms with Crippen LogP contribution < -0.4 is 10.0 Å². The number of sulfonamides is 1. The van der Waals surface area contributed by atoms with Gasteiger partial charge in [-0.25, -0.2) is 8.42 Å². The second kappa shape index (κ2) is 6.74. The van der Waals surface area contributed by atoms with Crippen LogP contribution in [0.2, 0.25) is 0 Å². The summed E-state index contributed by atoms with van der Waals surface area (Å²) in [6, 6.07) is 9.28. The quantitative estimate of drug-likeness (QED) is 0.855. The average molecular weight is 320 g/mol. The Morgan fingerprint density at radius 2 is 1.68 bits per heavy atom. The molecular weight excluding hydrogens is 300 g/mol. The van der Waals surface area contributed by atoms with Gasteiger partial charge in [0.05, 0.1) is 5.75 Å². The van der Waals surface area contributed by atoms with Crippen LogP contribution in [-0.2, 0) is 10.0 Å². The number of anilines is 3. The summed E-state index contributed by atoms with van der Waals surface area (Å²) in [5.41, 5.74) is 3.32. The van der Waals surface area contributed by atoms with Crippen molar-refractivity contribution < 1.29 is 8.42 Å². The van der Waals surface area contributed by atoms with Crippen molar-refractivity contribution >= 4 is 27.3 Å². The van der Waals surface area contributed by atoms with Crippen LogP contribution >= 0.6 is 0 Å². The number of nitrogens with one attached hydrogen (secondary N) is 2. The molecule has 2 aromatic rings. The van der Waals surface area contributed by atoms with Crippen molar-refractivity contribution in [2.24, 2.45) is 0 Å². The van der Waals surface area contributed by atoms with Crippen molar-refractivity contribution in [3.05, 3.63) is 41.5 Å². The van der Waals surface area contributed by atoms with Crippen LogP contribution in [0, 0.1) is 13.8 Å². The van der Waals surface area contributed by atoms with Crippen LogP contribution in [0.1, 0.15) is 24.5 Å². The molecule has 0 aliphatic heterocycles. The third kappa shape index (κ3) is 4.42. The highest BCUT2D eigenvalue weighted by Gasteiger charge is 2.10. The van der Waals surface area contributed by atoms with Crippen molar-refractivity contribution in [1.82, 2.24) is 10.2 Å². The molecule has 7 heteroatoms. The summed E-state index contributed by atoms with van der Waals surface area (Å²) < 4.78 is 25.7. The van der Waals surface area contributed by atoms with Crippen molar-refractivity contribution in [1.29, 1.82) is 0 Å². The Morgan fingerprint density at radius 1 is 1.00 bits per heavy atom. The number of aryl methyl sites for hydroxylation is 2. The molecule has 0 aliphatic rings. The monoisotopic (exact) mass is 320 g/mol. The summed E-state index contributed by atoms with van der Waals surface area (Å²) in [4.78, 5) is 0. The summed E-state index contributed by atoms with van der Waals surface area (Å²) in [6.45, 7) is 5.90. The predicted octanol–water partition coefficient (Wildman–Crippen LogP) is 2.99. The molecule has 1 heterocycles. The summed E-state index contributed by atoms with van der Waals surface area (Å²) in [6.07, 6.45) is 0.551. The molecule has 0 amide bonds. The molecule has 1 aromatic carbocycles. The lowest BCUT2D eigenvalue weighted by molar-refractivity contribution is 0.599. The van der Waals surface area contributed by atoms with E-state index in [-0.39, 0.29) is 11.6 Å². The zero-order valence-electron chi connectivity index (χ0n) is 12.9. The Kier molecular flexibility index (Phi) is 4.97. The van der Waals surface area contributed by atoms with Gasteiger partial charge >= 0.3 is 0 Å². The molecule has 0 bridgehead atoms. The Labute approximate surface area is 131 Å². The fourth-order valence-corrected chi connectivity index (χ4v) is 2.97. The number of rotatable bonds is 6. The minimum absolute atomic E-state index is 0.0668. The fourth-order valence-electron chi connectivity index (χ4n) is 1.90. The predicted molar refractivity (Wildman–Crippen MR) is 88.9 cm³/mol. The van der Waals surface area contributed by atoms with Gasteiger partial charge in [0, 0.05) is 5.69 Å². The van der Waals surface area contributed by atoms with Crippen LogP contribution in [0.25, 0.3) is 0 Å². The SMILES string of the molecule is CCCS(=O)(=O)Nc1ccc(Nc2ccc(C)c(C)c2)nn1. The second-order valence-corrected chi connectivity index (χ2v) is 6.99. The van der Waals surface area contributed by atoms with Crippen LogP contribution in [0.5, 0.6) is 0 Å². The minimum atomic E-state index is -3.34. The first-order chi connectivity index (χ1) is 10.4. The third-order valence-corrected chi connectivity index (χ3v) is 4.64. The van der Waals surface area contributed by atoms with E-state index in [2.05, 4.69) is 27.2 Å². The van der Waals surface area contributed by atoms with Crippen LogP contribution in [0.4, 0.5) is 17.3 Å². The lowest BCUT2D eigenvalue weighted by Gasteiger charge is -2.09. The molecule has 22 heavy (non-hydrogen) atoms. The van der Waals surface area contributed by atoms with Gasteiger partial charge in [0.15, 0.2) is 11.6 Å². The van der Waals surface area contributed by atoms with Gasteiger partial charge in [-0.3, -0.25) is 4.72 Å². The lowest BCUT2D eigenvalue weighted by Crippen LogP contribution is -2.17. The van der Waals surface area contributed by atoms with E-state index in [1.165, 1.54) is 11.1 Å². The molecule has 0 saturated carbocycles. The van der Waals surface area contributed by atoms with Crippen LogP contribution in [0.15, 0.2) is 30.3 Å². The van der Waals surface area contributed by atoms with Gasteiger partial charge in [0.25, 0.3) is 0 Å². The Balaban J connectivity index is 2.07. The van der Waals surface area contributed by atoms with Crippen molar-refractivity contribution in [2.75, 3.05) is 15.8 Å². The first-order valence-electron chi connectivity index (χ1n) is 7.08. The van der Waals surface area contributed by atoms with E-state index < -0.39 is 10.0 Å². The smallest absolute Gasteiger partial charge is 0.233 e. The van der Waals surface area contributed by atoms with Gasteiger partial charge < -0.3 is 5.32 Å². The van der Waals surface area contributed by atoms with Gasteiger partial charge in [-0.15, -0.1) is 10.2 Å². The van der Waals surface area contributed by atoms with Crippen LogP contribution in [0.3, 0.4) is 0 Å². The molecule has 2 rings (SSSR count). The summed E-state index contributed by atoms with van der Waals surface area (Å²) in [5, 5.41) is 11.0. The Hall–Kier alpha value is -2.15. The highest BCUT2D eigenvalue weighted by Crippen LogP contribution is 2.18. The average Bonchev–Trinajstić information content (AvgIpc) is 2.44. The second-order valence-electron chi connectivity index (χ2n) is 5.15. The first kappa shape index (κ1) is 16.2. The van der Waals surface area contributed by atoms with Gasteiger partial charge in [-0.05, 0) is 55.7 Å². The maximum Gasteiger partial charge on any atom is 0.233 e. The Morgan fingerprint density at radius 3 is 2.27 bits per heavy atom. The van der Waals surface area contributed by atoms with Gasteiger partial charge in [-0.2, -0.15) is 0 Å². The molecule has 0 aliphatic carbocycles. The number of hydrogen-bond donors (Lipinski definition) is 2.